The molecule has 1 amide bonds. The first-order valence-corrected chi connectivity index (χ1v) is 8.59. The molecule has 2 N–H and O–H groups in total. The van der Waals surface area contributed by atoms with E-state index in [1.807, 2.05) is 13.0 Å². The van der Waals surface area contributed by atoms with Crippen molar-refractivity contribution in [2.24, 2.45) is 0 Å². The van der Waals surface area contributed by atoms with Gasteiger partial charge >= 0.3 is 0 Å². The Balaban J connectivity index is 1.78. The summed E-state index contributed by atoms with van der Waals surface area (Å²) in [7, 11) is 0. The van der Waals surface area contributed by atoms with Crippen LogP contribution in [0.4, 0.5) is 17.3 Å². The van der Waals surface area contributed by atoms with E-state index in [9.17, 15) is 9.59 Å². The van der Waals surface area contributed by atoms with Crippen molar-refractivity contribution in [3.05, 3.63) is 76.6 Å². The van der Waals surface area contributed by atoms with Gasteiger partial charge in [-0.1, -0.05) is 29.8 Å². The lowest BCUT2D eigenvalue weighted by Crippen LogP contribution is -2.15. The molecule has 0 spiro atoms. The molecular formula is C20H17ClN4O2. The zero-order valence-electron chi connectivity index (χ0n) is 14.8. The van der Waals surface area contributed by atoms with Gasteiger partial charge in [-0.25, -0.2) is 9.97 Å². The quantitative estimate of drug-likeness (QED) is 0.630. The molecule has 0 aliphatic rings. The molecule has 1 aromatic heterocycles. The smallest absolute Gasteiger partial charge is 0.274 e. The van der Waals surface area contributed by atoms with E-state index in [0.717, 1.165) is 11.3 Å². The van der Waals surface area contributed by atoms with Crippen molar-refractivity contribution in [2.45, 2.75) is 13.8 Å². The number of amides is 1. The predicted molar refractivity (Wildman–Crippen MR) is 106 cm³/mol. The number of anilines is 3. The van der Waals surface area contributed by atoms with Crippen LogP contribution in [-0.2, 0) is 0 Å². The second kappa shape index (κ2) is 7.97. The summed E-state index contributed by atoms with van der Waals surface area (Å²) in [5, 5.41) is 6.39. The third-order valence-electron chi connectivity index (χ3n) is 3.86. The second-order valence-corrected chi connectivity index (χ2v) is 6.38. The van der Waals surface area contributed by atoms with E-state index in [0.29, 0.717) is 16.3 Å². The van der Waals surface area contributed by atoms with Crippen molar-refractivity contribution < 1.29 is 9.59 Å². The number of benzene rings is 2. The topological polar surface area (TPSA) is 84.0 Å². The summed E-state index contributed by atoms with van der Waals surface area (Å²) in [4.78, 5) is 32.3. The molecular weight excluding hydrogens is 364 g/mol. The maximum atomic E-state index is 12.5. The zero-order valence-corrected chi connectivity index (χ0v) is 15.5. The van der Waals surface area contributed by atoms with Crippen LogP contribution in [0, 0.1) is 6.92 Å². The maximum absolute atomic E-state index is 12.5. The normalized spacial score (nSPS) is 10.3. The van der Waals surface area contributed by atoms with Crippen molar-refractivity contribution in [3.8, 4) is 0 Å². The summed E-state index contributed by atoms with van der Waals surface area (Å²) in [6, 6.07) is 13.7. The average Bonchev–Trinajstić information content (AvgIpc) is 2.65. The van der Waals surface area contributed by atoms with Crippen LogP contribution in [0.3, 0.4) is 0 Å². The first-order chi connectivity index (χ1) is 12.9. The number of nitrogens with zero attached hydrogens (tertiary/aromatic N) is 2. The maximum Gasteiger partial charge on any atom is 0.274 e. The number of rotatable bonds is 5. The Hall–Kier alpha value is -3.25. The zero-order chi connectivity index (χ0) is 19.4. The van der Waals surface area contributed by atoms with E-state index in [-0.39, 0.29) is 17.4 Å². The van der Waals surface area contributed by atoms with Crippen LogP contribution >= 0.6 is 11.6 Å². The van der Waals surface area contributed by atoms with Crippen LogP contribution in [0.25, 0.3) is 0 Å². The van der Waals surface area contributed by atoms with Crippen LogP contribution in [0.15, 0.2) is 54.7 Å². The lowest BCUT2D eigenvalue weighted by molar-refractivity contribution is 0.100. The van der Waals surface area contributed by atoms with Crippen LogP contribution in [-0.4, -0.2) is 21.7 Å². The van der Waals surface area contributed by atoms with Crippen molar-refractivity contribution in [2.75, 3.05) is 10.6 Å². The van der Waals surface area contributed by atoms with Gasteiger partial charge in [0.2, 0.25) is 5.95 Å². The lowest BCUT2D eigenvalue weighted by atomic mass is 10.1. The minimum Gasteiger partial charge on any atom is -0.324 e. The van der Waals surface area contributed by atoms with Gasteiger partial charge in [-0.05, 0) is 49.7 Å². The van der Waals surface area contributed by atoms with Gasteiger partial charge in [0.1, 0.15) is 5.69 Å². The molecule has 0 saturated carbocycles. The highest BCUT2D eigenvalue weighted by atomic mass is 35.5. The van der Waals surface area contributed by atoms with Crippen molar-refractivity contribution in [1.82, 2.24) is 9.97 Å². The van der Waals surface area contributed by atoms with E-state index in [1.54, 1.807) is 36.4 Å². The molecule has 0 atom stereocenters. The number of halogens is 1. The van der Waals surface area contributed by atoms with Crippen molar-refractivity contribution >= 4 is 40.6 Å². The molecule has 3 rings (SSSR count). The number of hydrogen-bond acceptors (Lipinski definition) is 5. The van der Waals surface area contributed by atoms with Gasteiger partial charge in [-0.15, -0.1) is 0 Å². The molecule has 7 heteroatoms. The standard InChI is InChI=1S/C20H17ClN4O2/c1-12-6-7-15(21)11-18(12)25-20-22-9-8-17(24-20)19(27)23-16-5-3-4-14(10-16)13(2)26/h3-11H,1-2H3,(H,23,27)(H,22,24,25). The Bertz CT molecular complexity index is 1020. The summed E-state index contributed by atoms with van der Waals surface area (Å²) in [5.41, 5.74) is 2.97. The molecule has 1 heterocycles. The number of carbonyl (C=O) groups is 2. The lowest BCUT2D eigenvalue weighted by Gasteiger charge is -2.10. The number of nitrogens with one attached hydrogen (secondary N) is 2. The van der Waals surface area contributed by atoms with E-state index < -0.39 is 5.91 Å². The number of hydrogen-bond donors (Lipinski definition) is 2. The highest BCUT2D eigenvalue weighted by Crippen LogP contribution is 2.22. The Labute approximate surface area is 161 Å². The molecule has 0 fully saturated rings. The molecule has 3 aromatic rings. The summed E-state index contributed by atoms with van der Waals surface area (Å²) < 4.78 is 0. The van der Waals surface area contributed by atoms with E-state index in [2.05, 4.69) is 20.6 Å². The van der Waals surface area contributed by atoms with Crippen LogP contribution in [0.1, 0.15) is 33.3 Å². The fraction of sp³-hybridized carbons (Fsp3) is 0.100. The van der Waals surface area contributed by atoms with Gasteiger partial charge in [0, 0.05) is 28.2 Å². The second-order valence-electron chi connectivity index (χ2n) is 5.94. The predicted octanol–water partition coefficient (Wildman–Crippen LogP) is 4.64. The Morgan fingerprint density at radius 2 is 1.89 bits per heavy atom. The number of Topliss-reactive ketones (excluding diaryl/α,β-unsaturated/α-hetero) is 1. The molecule has 136 valence electrons. The molecule has 2 aromatic carbocycles. The van der Waals surface area contributed by atoms with Crippen LogP contribution in [0.5, 0.6) is 0 Å². The van der Waals surface area contributed by atoms with Gasteiger partial charge in [0.05, 0.1) is 0 Å². The molecule has 0 radical (unpaired) electrons. The van der Waals surface area contributed by atoms with Gasteiger partial charge in [-0.3, -0.25) is 9.59 Å². The fourth-order valence-electron chi connectivity index (χ4n) is 2.41. The van der Waals surface area contributed by atoms with Gasteiger partial charge < -0.3 is 10.6 Å². The Kier molecular flexibility index (Phi) is 5.47. The average molecular weight is 381 g/mol. The number of ketones is 1. The van der Waals surface area contributed by atoms with Gasteiger partial charge in [0.15, 0.2) is 5.78 Å². The van der Waals surface area contributed by atoms with Gasteiger partial charge in [-0.2, -0.15) is 0 Å². The molecule has 0 aliphatic carbocycles. The third-order valence-corrected chi connectivity index (χ3v) is 4.10. The molecule has 0 bridgehead atoms. The number of carbonyl (C=O) groups excluding carboxylic acids is 2. The van der Waals surface area contributed by atoms with Crippen molar-refractivity contribution in [3.63, 3.8) is 0 Å². The largest absolute Gasteiger partial charge is 0.324 e. The van der Waals surface area contributed by atoms with E-state index in [4.69, 9.17) is 11.6 Å². The number of aryl methyl sites for hydroxylation is 1. The first kappa shape index (κ1) is 18.5. The molecule has 0 saturated heterocycles. The summed E-state index contributed by atoms with van der Waals surface area (Å²) in [5.74, 6) is -0.189. The molecule has 27 heavy (non-hydrogen) atoms. The van der Waals surface area contributed by atoms with Crippen molar-refractivity contribution in [1.29, 1.82) is 0 Å². The first-order valence-electron chi connectivity index (χ1n) is 8.21. The summed E-state index contributed by atoms with van der Waals surface area (Å²) in [6.07, 6.45) is 1.50. The molecule has 0 unspecified atom stereocenters. The van der Waals surface area contributed by atoms with Crippen LogP contribution < -0.4 is 10.6 Å². The SMILES string of the molecule is CC(=O)c1cccc(NC(=O)c2ccnc(Nc3cc(Cl)ccc3C)n2)c1. The highest BCUT2D eigenvalue weighted by Gasteiger charge is 2.11. The monoisotopic (exact) mass is 380 g/mol. The van der Waals surface area contributed by atoms with E-state index in [1.165, 1.54) is 19.2 Å². The summed E-state index contributed by atoms with van der Waals surface area (Å²) >= 11 is 6.02. The molecule has 6 nitrogen and oxygen atoms in total. The summed E-state index contributed by atoms with van der Waals surface area (Å²) in [6.45, 7) is 3.40. The third kappa shape index (κ3) is 4.68. The number of aromatic nitrogens is 2. The fourth-order valence-corrected chi connectivity index (χ4v) is 2.58. The van der Waals surface area contributed by atoms with Gasteiger partial charge in [0.25, 0.3) is 5.91 Å². The van der Waals surface area contributed by atoms with E-state index >= 15 is 0 Å². The highest BCUT2D eigenvalue weighted by molar-refractivity contribution is 6.30. The molecule has 0 aliphatic heterocycles. The Morgan fingerprint density at radius 1 is 1.07 bits per heavy atom. The Morgan fingerprint density at radius 3 is 2.67 bits per heavy atom. The van der Waals surface area contributed by atoms with Crippen LogP contribution in [0.2, 0.25) is 5.02 Å². The minimum atomic E-state index is -0.399. The minimum absolute atomic E-state index is 0.0727.